The van der Waals surface area contributed by atoms with Gasteiger partial charge in [-0.05, 0) is 25.1 Å². The molecule has 19 heavy (non-hydrogen) atoms. The first-order valence-electron chi connectivity index (χ1n) is 6.37. The minimum Gasteiger partial charge on any atom is -0.492 e. The van der Waals surface area contributed by atoms with Crippen LogP contribution >= 0.6 is 0 Å². The van der Waals surface area contributed by atoms with E-state index >= 15 is 0 Å². The summed E-state index contributed by atoms with van der Waals surface area (Å²) < 4.78 is 5.58. The predicted octanol–water partition coefficient (Wildman–Crippen LogP) is 2.40. The molecule has 0 saturated carbocycles. The lowest BCUT2D eigenvalue weighted by Crippen LogP contribution is -2.13. The molecule has 5 heteroatoms. The lowest BCUT2D eigenvalue weighted by atomic mass is 10.3. The number of aromatic nitrogens is 2. The largest absolute Gasteiger partial charge is 0.492 e. The van der Waals surface area contributed by atoms with Gasteiger partial charge in [0.2, 0.25) is 5.95 Å². The van der Waals surface area contributed by atoms with Gasteiger partial charge < -0.3 is 15.4 Å². The van der Waals surface area contributed by atoms with E-state index in [2.05, 4.69) is 20.6 Å². The summed E-state index contributed by atoms with van der Waals surface area (Å²) in [5.41, 5.74) is 0. The molecule has 0 aliphatic heterocycles. The topological polar surface area (TPSA) is 59.1 Å². The van der Waals surface area contributed by atoms with Gasteiger partial charge in [0.05, 0.1) is 6.54 Å². The number of para-hydroxylation sites is 1. The van der Waals surface area contributed by atoms with Crippen molar-refractivity contribution < 1.29 is 4.74 Å². The molecule has 2 N–H and O–H groups in total. The van der Waals surface area contributed by atoms with Gasteiger partial charge in [-0.25, -0.2) is 4.98 Å². The Hall–Kier alpha value is -2.30. The third-order valence-corrected chi connectivity index (χ3v) is 2.41. The lowest BCUT2D eigenvalue weighted by molar-refractivity contribution is 0.333. The van der Waals surface area contributed by atoms with Crippen LogP contribution in [0.2, 0.25) is 0 Å². The van der Waals surface area contributed by atoms with Gasteiger partial charge >= 0.3 is 0 Å². The van der Waals surface area contributed by atoms with E-state index in [1.807, 2.05) is 43.3 Å². The van der Waals surface area contributed by atoms with Crippen LogP contribution in [0.4, 0.5) is 11.8 Å². The Morgan fingerprint density at radius 1 is 1.11 bits per heavy atom. The van der Waals surface area contributed by atoms with Crippen LogP contribution in [-0.2, 0) is 0 Å². The average molecular weight is 258 g/mol. The van der Waals surface area contributed by atoms with Crippen LogP contribution in [-0.4, -0.2) is 29.7 Å². The molecule has 1 aromatic heterocycles. The van der Waals surface area contributed by atoms with Crippen LogP contribution in [0.5, 0.6) is 5.75 Å². The van der Waals surface area contributed by atoms with E-state index in [0.717, 1.165) is 18.1 Å². The summed E-state index contributed by atoms with van der Waals surface area (Å²) in [6.07, 6.45) is 1.73. The third kappa shape index (κ3) is 4.46. The van der Waals surface area contributed by atoms with Crippen LogP contribution in [0.15, 0.2) is 42.6 Å². The molecule has 2 rings (SSSR count). The molecular formula is C14H18N4O. The summed E-state index contributed by atoms with van der Waals surface area (Å²) in [4.78, 5) is 8.43. The Labute approximate surface area is 113 Å². The number of hydrogen-bond acceptors (Lipinski definition) is 5. The van der Waals surface area contributed by atoms with Gasteiger partial charge in [-0.2, -0.15) is 4.98 Å². The van der Waals surface area contributed by atoms with Crippen molar-refractivity contribution in [2.45, 2.75) is 6.92 Å². The zero-order valence-corrected chi connectivity index (χ0v) is 11.0. The molecule has 5 nitrogen and oxygen atoms in total. The quantitative estimate of drug-likeness (QED) is 0.747. The van der Waals surface area contributed by atoms with Crippen molar-refractivity contribution in [1.82, 2.24) is 9.97 Å². The zero-order chi connectivity index (χ0) is 13.3. The molecule has 0 radical (unpaired) electrons. The zero-order valence-electron chi connectivity index (χ0n) is 11.0. The second-order valence-electron chi connectivity index (χ2n) is 3.88. The van der Waals surface area contributed by atoms with Crippen molar-refractivity contribution in [3.63, 3.8) is 0 Å². The average Bonchev–Trinajstić information content (AvgIpc) is 2.46. The summed E-state index contributed by atoms with van der Waals surface area (Å²) in [6, 6.07) is 11.6. The Morgan fingerprint density at radius 2 is 1.95 bits per heavy atom. The fourth-order valence-electron chi connectivity index (χ4n) is 1.57. The highest BCUT2D eigenvalue weighted by atomic mass is 16.5. The molecule has 0 amide bonds. The normalized spacial score (nSPS) is 9.95. The number of anilines is 2. The predicted molar refractivity (Wildman–Crippen MR) is 76.6 cm³/mol. The van der Waals surface area contributed by atoms with Crippen LogP contribution in [0.1, 0.15) is 6.92 Å². The number of nitrogens with zero attached hydrogens (tertiary/aromatic N) is 2. The molecular weight excluding hydrogens is 240 g/mol. The van der Waals surface area contributed by atoms with Gasteiger partial charge in [-0.15, -0.1) is 0 Å². The molecule has 0 aliphatic rings. The summed E-state index contributed by atoms with van der Waals surface area (Å²) >= 11 is 0. The Balaban J connectivity index is 1.75. The van der Waals surface area contributed by atoms with E-state index in [0.29, 0.717) is 19.1 Å². The summed E-state index contributed by atoms with van der Waals surface area (Å²) in [5.74, 6) is 2.31. The van der Waals surface area contributed by atoms with E-state index in [1.54, 1.807) is 6.20 Å². The smallest absolute Gasteiger partial charge is 0.224 e. The Bertz CT molecular complexity index is 490. The second-order valence-corrected chi connectivity index (χ2v) is 3.88. The van der Waals surface area contributed by atoms with Crippen LogP contribution in [0.25, 0.3) is 0 Å². The molecule has 0 saturated heterocycles. The van der Waals surface area contributed by atoms with E-state index < -0.39 is 0 Å². The van der Waals surface area contributed by atoms with Crippen molar-refractivity contribution in [2.24, 2.45) is 0 Å². The number of ether oxygens (including phenoxy) is 1. The Morgan fingerprint density at radius 3 is 2.74 bits per heavy atom. The lowest BCUT2D eigenvalue weighted by Gasteiger charge is -2.08. The number of benzene rings is 1. The monoisotopic (exact) mass is 258 g/mol. The van der Waals surface area contributed by atoms with Crippen molar-refractivity contribution in [2.75, 3.05) is 30.3 Å². The van der Waals surface area contributed by atoms with Gasteiger partial charge in [0.25, 0.3) is 0 Å². The van der Waals surface area contributed by atoms with E-state index in [1.165, 1.54) is 0 Å². The third-order valence-electron chi connectivity index (χ3n) is 2.41. The van der Waals surface area contributed by atoms with E-state index in [9.17, 15) is 0 Å². The number of nitrogens with one attached hydrogen (secondary N) is 2. The first-order valence-corrected chi connectivity index (χ1v) is 6.37. The van der Waals surface area contributed by atoms with Gasteiger partial charge in [0.1, 0.15) is 18.2 Å². The SMILES string of the molecule is CCNc1nccc(NCCOc2ccccc2)n1. The van der Waals surface area contributed by atoms with Crippen molar-refractivity contribution in [3.05, 3.63) is 42.6 Å². The summed E-state index contributed by atoms with van der Waals surface area (Å²) in [5, 5.41) is 6.27. The number of hydrogen-bond donors (Lipinski definition) is 2. The van der Waals surface area contributed by atoms with Gasteiger partial charge in [0.15, 0.2) is 0 Å². The maximum Gasteiger partial charge on any atom is 0.224 e. The number of rotatable bonds is 7. The first-order chi connectivity index (χ1) is 9.38. The Kier molecular flexibility index (Phi) is 4.98. The molecule has 0 atom stereocenters. The van der Waals surface area contributed by atoms with E-state index in [-0.39, 0.29) is 0 Å². The summed E-state index contributed by atoms with van der Waals surface area (Å²) in [6.45, 7) is 4.10. The highest BCUT2D eigenvalue weighted by Crippen LogP contribution is 2.08. The van der Waals surface area contributed by atoms with E-state index in [4.69, 9.17) is 4.74 Å². The first kappa shape index (κ1) is 13.1. The maximum absolute atomic E-state index is 5.58. The molecule has 0 fully saturated rings. The minimum absolute atomic E-state index is 0.588. The molecule has 0 unspecified atom stereocenters. The van der Waals surface area contributed by atoms with Crippen molar-refractivity contribution in [3.8, 4) is 5.75 Å². The molecule has 1 aromatic carbocycles. The fraction of sp³-hybridized carbons (Fsp3) is 0.286. The molecule has 0 bridgehead atoms. The molecule has 0 aliphatic carbocycles. The minimum atomic E-state index is 0.588. The molecule has 1 heterocycles. The van der Waals surface area contributed by atoms with Crippen LogP contribution < -0.4 is 15.4 Å². The van der Waals surface area contributed by atoms with Crippen LogP contribution in [0, 0.1) is 0 Å². The fourth-order valence-corrected chi connectivity index (χ4v) is 1.57. The standard InChI is InChI=1S/C14H18N4O/c1-2-15-14-17-9-8-13(18-14)16-10-11-19-12-6-4-3-5-7-12/h3-9H,2,10-11H2,1H3,(H2,15,16,17,18). The molecule has 100 valence electrons. The summed E-state index contributed by atoms with van der Waals surface area (Å²) in [7, 11) is 0. The van der Waals surface area contributed by atoms with Gasteiger partial charge in [0, 0.05) is 12.7 Å². The molecule has 0 spiro atoms. The highest BCUT2D eigenvalue weighted by Gasteiger charge is 1.97. The molecule has 2 aromatic rings. The van der Waals surface area contributed by atoms with Crippen molar-refractivity contribution >= 4 is 11.8 Å². The van der Waals surface area contributed by atoms with Gasteiger partial charge in [-0.1, -0.05) is 18.2 Å². The second kappa shape index (κ2) is 7.20. The van der Waals surface area contributed by atoms with Crippen LogP contribution in [0.3, 0.4) is 0 Å². The highest BCUT2D eigenvalue weighted by molar-refractivity contribution is 5.39. The maximum atomic E-state index is 5.58. The van der Waals surface area contributed by atoms with Crippen molar-refractivity contribution in [1.29, 1.82) is 0 Å². The van der Waals surface area contributed by atoms with Gasteiger partial charge in [-0.3, -0.25) is 0 Å².